The summed E-state index contributed by atoms with van der Waals surface area (Å²) >= 11 is 13.4. The van der Waals surface area contributed by atoms with Crippen molar-refractivity contribution in [2.45, 2.75) is 20.0 Å². The van der Waals surface area contributed by atoms with E-state index in [0.717, 1.165) is 15.6 Å². The van der Waals surface area contributed by atoms with Gasteiger partial charge in [0, 0.05) is 20.7 Å². The molecule has 0 saturated carbocycles. The first-order chi connectivity index (χ1) is 11.9. The highest BCUT2D eigenvalue weighted by atomic mass is 35.5. The fraction of sp³-hybridized carbons (Fsp3) is 0.158. The summed E-state index contributed by atoms with van der Waals surface area (Å²) in [6.45, 7) is 3.49. The highest BCUT2D eigenvalue weighted by Crippen LogP contribution is 2.37. The number of Topliss-reactive ketones (excluding diaryl/α,β-unsaturated/α-hetero) is 1. The summed E-state index contributed by atoms with van der Waals surface area (Å²) in [5.41, 5.74) is 1.55. The smallest absolute Gasteiger partial charge is 0.350 e. The van der Waals surface area contributed by atoms with Gasteiger partial charge in [0.1, 0.15) is 4.88 Å². The van der Waals surface area contributed by atoms with Crippen molar-refractivity contribution in [2.24, 2.45) is 0 Å². The SMILES string of the molecule is Cc1ccc(C(=O)[C@H](C)OC(=O)c2sc3cc(Cl)ccc3c2Cl)cc1. The number of hydrogen-bond acceptors (Lipinski definition) is 4. The molecule has 0 N–H and O–H groups in total. The Kier molecular flexibility index (Phi) is 5.13. The normalized spacial score (nSPS) is 12.2. The second-order valence-electron chi connectivity index (χ2n) is 5.66. The standard InChI is InChI=1S/C19H14Cl2O3S/c1-10-3-5-12(6-4-10)17(22)11(2)24-19(23)18-16(21)14-8-7-13(20)9-15(14)25-18/h3-9,11H,1-2H3/t11-/m0/s1. The van der Waals surface area contributed by atoms with Crippen molar-refractivity contribution in [1.29, 1.82) is 0 Å². The first-order valence-corrected chi connectivity index (χ1v) is 9.13. The first kappa shape index (κ1) is 17.9. The average molecular weight is 393 g/mol. The van der Waals surface area contributed by atoms with Gasteiger partial charge in [-0.05, 0) is 26.0 Å². The molecule has 0 aliphatic rings. The van der Waals surface area contributed by atoms with Crippen LogP contribution in [0.1, 0.15) is 32.5 Å². The number of ether oxygens (including phenoxy) is 1. The fourth-order valence-corrected chi connectivity index (χ4v) is 4.06. The molecule has 128 valence electrons. The van der Waals surface area contributed by atoms with E-state index in [0.29, 0.717) is 15.6 Å². The molecule has 3 rings (SSSR count). The lowest BCUT2D eigenvalue weighted by molar-refractivity contribution is 0.0324. The highest BCUT2D eigenvalue weighted by molar-refractivity contribution is 7.21. The lowest BCUT2D eigenvalue weighted by Crippen LogP contribution is -2.24. The van der Waals surface area contributed by atoms with Gasteiger partial charge in [0.05, 0.1) is 5.02 Å². The summed E-state index contributed by atoms with van der Waals surface area (Å²) in [6, 6.07) is 12.3. The van der Waals surface area contributed by atoms with Crippen LogP contribution < -0.4 is 0 Å². The van der Waals surface area contributed by atoms with Gasteiger partial charge in [-0.1, -0.05) is 59.1 Å². The lowest BCUT2D eigenvalue weighted by atomic mass is 10.1. The van der Waals surface area contributed by atoms with Crippen LogP contribution in [0.3, 0.4) is 0 Å². The van der Waals surface area contributed by atoms with E-state index < -0.39 is 12.1 Å². The summed E-state index contributed by atoms with van der Waals surface area (Å²) in [7, 11) is 0. The maximum atomic E-state index is 12.4. The Morgan fingerprint density at radius 3 is 2.44 bits per heavy atom. The number of halogens is 2. The van der Waals surface area contributed by atoms with Crippen molar-refractivity contribution in [3.05, 3.63) is 68.5 Å². The topological polar surface area (TPSA) is 43.4 Å². The molecule has 0 saturated heterocycles. The highest BCUT2D eigenvalue weighted by Gasteiger charge is 2.24. The molecule has 0 spiro atoms. The zero-order chi connectivity index (χ0) is 18.1. The maximum absolute atomic E-state index is 12.4. The van der Waals surface area contributed by atoms with Crippen molar-refractivity contribution in [1.82, 2.24) is 0 Å². The van der Waals surface area contributed by atoms with Gasteiger partial charge in [-0.2, -0.15) is 0 Å². The number of carbonyl (C=O) groups is 2. The Hall–Kier alpha value is -1.88. The Labute approximate surface area is 159 Å². The van der Waals surface area contributed by atoms with Crippen LogP contribution in [0.25, 0.3) is 10.1 Å². The molecule has 3 nitrogen and oxygen atoms in total. The van der Waals surface area contributed by atoms with Gasteiger partial charge in [0.15, 0.2) is 6.10 Å². The Morgan fingerprint density at radius 1 is 1.08 bits per heavy atom. The van der Waals surface area contributed by atoms with Crippen molar-refractivity contribution < 1.29 is 14.3 Å². The van der Waals surface area contributed by atoms with Crippen LogP contribution in [-0.4, -0.2) is 17.9 Å². The summed E-state index contributed by atoms with van der Waals surface area (Å²) in [5.74, 6) is -0.871. The molecule has 0 fully saturated rings. The molecule has 1 heterocycles. The Bertz CT molecular complexity index is 961. The largest absolute Gasteiger partial charge is 0.450 e. The van der Waals surface area contributed by atoms with Crippen LogP contribution in [0.5, 0.6) is 0 Å². The van der Waals surface area contributed by atoms with Crippen LogP contribution in [0.4, 0.5) is 0 Å². The Balaban J connectivity index is 1.80. The minimum atomic E-state index is -0.903. The van der Waals surface area contributed by atoms with Gasteiger partial charge in [-0.15, -0.1) is 11.3 Å². The zero-order valence-corrected chi connectivity index (χ0v) is 15.8. The van der Waals surface area contributed by atoms with E-state index in [4.69, 9.17) is 27.9 Å². The number of ketones is 1. The third-order valence-electron chi connectivity index (χ3n) is 3.77. The van der Waals surface area contributed by atoms with E-state index in [-0.39, 0.29) is 10.7 Å². The minimum absolute atomic E-state index is 0.256. The number of carbonyl (C=O) groups excluding carboxylic acids is 2. The number of thiophene rings is 1. The molecule has 0 amide bonds. The molecule has 0 bridgehead atoms. The van der Waals surface area contributed by atoms with Crippen LogP contribution in [0.15, 0.2) is 42.5 Å². The third kappa shape index (κ3) is 3.71. The second kappa shape index (κ2) is 7.16. The number of rotatable bonds is 4. The van der Waals surface area contributed by atoms with E-state index in [1.54, 1.807) is 37.3 Å². The fourth-order valence-electron chi connectivity index (χ4n) is 2.39. The number of hydrogen-bond donors (Lipinski definition) is 0. The van der Waals surface area contributed by atoms with Crippen LogP contribution in [-0.2, 0) is 4.74 Å². The van der Waals surface area contributed by atoms with Gasteiger partial charge in [-0.25, -0.2) is 4.79 Å². The van der Waals surface area contributed by atoms with Crippen LogP contribution >= 0.6 is 34.5 Å². The molecule has 3 aromatic rings. The van der Waals surface area contributed by atoms with E-state index in [9.17, 15) is 9.59 Å². The van der Waals surface area contributed by atoms with Crippen LogP contribution in [0, 0.1) is 6.92 Å². The summed E-state index contributed by atoms with van der Waals surface area (Å²) < 4.78 is 6.12. The molecular formula is C19H14Cl2O3S. The molecule has 6 heteroatoms. The van der Waals surface area contributed by atoms with E-state index >= 15 is 0 Å². The van der Waals surface area contributed by atoms with Gasteiger partial charge in [-0.3, -0.25) is 4.79 Å². The van der Waals surface area contributed by atoms with Crippen molar-refractivity contribution in [2.75, 3.05) is 0 Å². The van der Waals surface area contributed by atoms with Crippen molar-refractivity contribution in [3.8, 4) is 0 Å². The molecule has 25 heavy (non-hydrogen) atoms. The molecule has 1 atom stereocenters. The van der Waals surface area contributed by atoms with Gasteiger partial charge in [0.2, 0.25) is 5.78 Å². The monoisotopic (exact) mass is 392 g/mol. The predicted octanol–water partition coefficient (Wildman–Crippen LogP) is 5.94. The quantitative estimate of drug-likeness (QED) is 0.407. The number of esters is 1. The summed E-state index contributed by atoms with van der Waals surface area (Å²) in [6.07, 6.45) is -0.903. The molecule has 0 aliphatic heterocycles. The van der Waals surface area contributed by atoms with E-state index in [1.807, 2.05) is 19.1 Å². The van der Waals surface area contributed by atoms with Crippen molar-refractivity contribution >= 4 is 56.4 Å². The van der Waals surface area contributed by atoms with Gasteiger partial charge in [0.25, 0.3) is 0 Å². The van der Waals surface area contributed by atoms with Crippen molar-refractivity contribution in [3.63, 3.8) is 0 Å². The number of fused-ring (bicyclic) bond motifs is 1. The molecule has 0 radical (unpaired) electrons. The molecule has 0 aliphatic carbocycles. The zero-order valence-electron chi connectivity index (χ0n) is 13.5. The second-order valence-corrected chi connectivity index (χ2v) is 7.53. The summed E-state index contributed by atoms with van der Waals surface area (Å²) in [4.78, 5) is 25.1. The molecule has 0 unspecified atom stereocenters. The lowest BCUT2D eigenvalue weighted by Gasteiger charge is -2.12. The first-order valence-electron chi connectivity index (χ1n) is 7.56. The van der Waals surface area contributed by atoms with Gasteiger partial charge < -0.3 is 4.74 Å². The number of benzene rings is 2. The Morgan fingerprint density at radius 2 is 1.76 bits per heavy atom. The predicted molar refractivity (Wildman–Crippen MR) is 102 cm³/mol. The van der Waals surface area contributed by atoms with Gasteiger partial charge >= 0.3 is 5.97 Å². The minimum Gasteiger partial charge on any atom is -0.450 e. The van der Waals surface area contributed by atoms with E-state index in [1.165, 1.54) is 11.3 Å². The number of aryl methyl sites for hydroxylation is 1. The summed E-state index contributed by atoms with van der Waals surface area (Å²) in [5, 5.41) is 1.62. The molecule has 1 aromatic heterocycles. The average Bonchev–Trinajstić information content (AvgIpc) is 2.91. The van der Waals surface area contributed by atoms with E-state index in [2.05, 4.69) is 0 Å². The maximum Gasteiger partial charge on any atom is 0.350 e. The van der Waals surface area contributed by atoms with Crippen LogP contribution in [0.2, 0.25) is 10.0 Å². The third-order valence-corrected chi connectivity index (χ3v) is 5.64. The molecule has 2 aromatic carbocycles. The molecular weight excluding hydrogens is 379 g/mol.